The molecule has 0 amide bonds. The average Bonchev–Trinajstić information content (AvgIpc) is 2.91. The monoisotopic (exact) mass is 259 g/mol. The molecule has 0 saturated heterocycles. The highest BCUT2D eigenvalue weighted by molar-refractivity contribution is 5.31. The predicted molar refractivity (Wildman–Crippen MR) is 78.1 cm³/mol. The highest BCUT2D eigenvalue weighted by atomic mass is 16.3. The van der Waals surface area contributed by atoms with Crippen LogP contribution in [-0.2, 0) is 6.42 Å². The second-order valence-electron chi connectivity index (χ2n) is 6.21. The molecule has 2 aliphatic carbocycles. The highest BCUT2D eigenvalue weighted by Crippen LogP contribution is 2.34. The van der Waals surface area contributed by atoms with Crippen LogP contribution in [0.1, 0.15) is 55.8 Å². The van der Waals surface area contributed by atoms with E-state index in [1.165, 1.54) is 37.7 Å². The minimum absolute atomic E-state index is 0.298. The maximum absolute atomic E-state index is 10.8. The van der Waals surface area contributed by atoms with Crippen LogP contribution in [0, 0.1) is 0 Å². The van der Waals surface area contributed by atoms with E-state index in [0.29, 0.717) is 12.1 Å². The summed E-state index contributed by atoms with van der Waals surface area (Å²) in [5.74, 6) is 0. The van der Waals surface area contributed by atoms with Gasteiger partial charge < -0.3 is 5.11 Å². The summed E-state index contributed by atoms with van der Waals surface area (Å²) in [6, 6.07) is 9.42. The van der Waals surface area contributed by atoms with Crippen molar-refractivity contribution in [1.29, 1.82) is 0 Å². The minimum atomic E-state index is -0.315. The zero-order valence-electron chi connectivity index (χ0n) is 11.9. The smallest absolute Gasteiger partial charge is 0.0947 e. The Labute approximate surface area is 116 Å². The van der Waals surface area contributed by atoms with Gasteiger partial charge in [-0.25, -0.2) is 0 Å². The molecule has 0 radical (unpaired) electrons. The van der Waals surface area contributed by atoms with Gasteiger partial charge in [0.1, 0.15) is 0 Å². The zero-order chi connectivity index (χ0) is 13.2. The Hall–Kier alpha value is -0.860. The van der Waals surface area contributed by atoms with Gasteiger partial charge in [0, 0.05) is 12.1 Å². The van der Waals surface area contributed by atoms with Crippen molar-refractivity contribution in [3.05, 3.63) is 35.4 Å². The lowest BCUT2D eigenvalue weighted by molar-refractivity contribution is 0.0374. The van der Waals surface area contributed by atoms with Gasteiger partial charge in [0.15, 0.2) is 0 Å². The standard InChI is InChI=1S/C17H25NO/c1-18(14-9-3-4-10-14)16-12-6-8-13-7-2-5-11-15(13)17(16)19/h2,5,7,11,14,16-17,19H,3-4,6,8-10,12H2,1H3. The molecule has 2 nitrogen and oxygen atoms in total. The molecular formula is C17H25NO. The summed E-state index contributed by atoms with van der Waals surface area (Å²) in [4.78, 5) is 2.47. The summed E-state index contributed by atoms with van der Waals surface area (Å²) in [6.07, 6.45) is 8.43. The third-order valence-corrected chi connectivity index (χ3v) is 5.11. The molecule has 104 valence electrons. The van der Waals surface area contributed by atoms with Crippen LogP contribution in [0.25, 0.3) is 0 Å². The normalized spacial score (nSPS) is 28.4. The third kappa shape index (κ3) is 2.56. The fourth-order valence-electron chi connectivity index (χ4n) is 3.93. The van der Waals surface area contributed by atoms with Gasteiger partial charge in [-0.3, -0.25) is 4.90 Å². The molecule has 1 fully saturated rings. The van der Waals surface area contributed by atoms with Gasteiger partial charge in [-0.15, -0.1) is 0 Å². The summed E-state index contributed by atoms with van der Waals surface area (Å²) in [5.41, 5.74) is 2.51. The maximum atomic E-state index is 10.8. The second kappa shape index (κ2) is 5.64. The molecule has 3 rings (SSSR count). The van der Waals surface area contributed by atoms with Crippen molar-refractivity contribution in [2.45, 2.75) is 63.1 Å². The van der Waals surface area contributed by atoms with Crippen LogP contribution in [-0.4, -0.2) is 29.1 Å². The van der Waals surface area contributed by atoms with E-state index < -0.39 is 0 Å². The maximum Gasteiger partial charge on any atom is 0.0947 e. The molecule has 0 aromatic heterocycles. The molecule has 0 aliphatic heterocycles. The van der Waals surface area contributed by atoms with Crippen LogP contribution in [0.5, 0.6) is 0 Å². The summed E-state index contributed by atoms with van der Waals surface area (Å²) in [5, 5.41) is 10.8. The van der Waals surface area contributed by atoms with Crippen molar-refractivity contribution >= 4 is 0 Å². The van der Waals surface area contributed by atoms with Gasteiger partial charge >= 0.3 is 0 Å². The summed E-state index contributed by atoms with van der Waals surface area (Å²) in [7, 11) is 2.22. The first-order valence-electron chi connectivity index (χ1n) is 7.75. The number of hydrogen-bond donors (Lipinski definition) is 1. The first-order valence-corrected chi connectivity index (χ1v) is 7.75. The van der Waals surface area contributed by atoms with E-state index >= 15 is 0 Å². The van der Waals surface area contributed by atoms with Crippen molar-refractivity contribution in [1.82, 2.24) is 4.90 Å². The van der Waals surface area contributed by atoms with Crippen LogP contribution >= 0.6 is 0 Å². The van der Waals surface area contributed by atoms with Gasteiger partial charge in [0.2, 0.25) is 0 Å². The Bertz CT molecular complexity index is 425. The molecular weight excluding hydrogens is 234 g/mol. The van der Waals surface area contributed by atoms with Crippen molar-refractivity contribution in [2.24, 2.45) is 0 Å². The van der Waals surface area contributed by atoms with Crippen molar-refractivity contribution in [3.63, 3.8) is 0 Å². The van der Waals surface area contributed by atoms with Crippen molar-refractivity contribution in [3.8, 4) is 0 Å². The number of benzene rings is 1. The lowest BCUT2D eigenvalue weighted by Crippen LogP contribution is -2.42. The molecule has 1 aromatic rings. The fourth-order valence-corrected chi connectivity index (χ4v) is 3.93. The molecule has 1 N–H and O–H groups in total. The van der Waals surface area contributed by atoms with Crippen LogP contribution in [0.2, 0.25) is 0 Å². The average molecular weight is 259 g/mol. The van der Waals surface area contributed by atoms with E-state index in [0.717, 1.165) is 18.4 Å². The predicted octanol–water partition coefficient (Wildman–Crippen LogP) is 3.30. The number of fused-ring (bicyclic) bond motifs is 1. The van der Waals surface area contributed by atoms with Gasteiger partial charge in [0.05, 0.1) is 6.10 Å². The number of likely N-dealkylation sites (N-methyl/N-ethyl adjacent to an activating group) is 1. The Kier molecular flexibility index (Phi) is 3.90. The Morgan fingerprint density at radius 2 is 1.79 bits per heavy atom. The van der Waals surface area contributed by atoms with Gasteiger partial charge in [-0.1, -0.05) is 37.1 Å². The molecule has 1 saturated carbocycles. The van der Waals surface area contributed by atoms with E-state index in [1.54, 1.807) is 0 Å². The molecule has 2 unspecified atom stereocenters. The van der Waals surface area contributed by atoms with Gasteiger partial charge in [-0.2, -0.15) is 0 Å². The highest BCUT2D eigenvalue weighted by Gasteiger charge is 2.33. The summed E-state index contributed by atoms with van der Waals surface area (Å²) >= 11 is 0. The van der Waals surface area contributed by atoms with E-state index in [4.69, 9.17) is 0 Å². The number of rotatable bonds is 2. The Morgan fingerprint density at radius 1 is 1.05 bits per heavy atom. The topological polar surface area (TPSA) is 23.5 Å². The molecule has 1 aromatic carbocycles. The van der Waals surface area contributed by atoms with Crippen LogP contribution in [0.4, 0.5) is 0 Å². The molecule has 2 atom stereocenters. The Morgan fingerprint density at radius 3 is 2.58 bits per heavy atom. The third-order valence-electron chi connectivity index (χ3n) is 5.11. The molecule has 0 heterocycles. The number of aryl methyl sites for hydroxylation is 1. The molecule has 2 heteroatoms. The van der Waals surface area contributed by atoms with Crippen LogP contribution < -0.4 is 0 Å². The number of aliphatic hydroxyl groups is 1. The van der Waals surface area contributed by atoms with Crippen molar-refractivity contribution < 1.29 is 5.11 Å². The first kappa shape index (κ1) is 13.1. The minimum Gasteiger partial charge on any atom is -0.387 e. The molecule has 19 heavy (non-hydrogen) atoms. The van der Waals surface area contributed by atoms with Crippen molar-refractivity contribution in [2.75, 3.05) is 7.05 Å². The van der Waals surface area contributed by atoms with E-state index in [-0.39, 0.29) is 6.10 Å². The molecule has 2 aliphatic rings. The fraction of sp³-hybridized carbons (Fsp3) is 0.647. The Balaban J connectivity index is 1.82. The quantitative estimate of drug-likeness (QED) is 0.824. The molecule has 0 bridgehead atoms. The lowest BCUT2D eigenvalue weighted by Gasteiger charge is -2.35. The first-order chi connectivity index (χ1) is 9.27. The van der Waals surface area contributed by atoms with Crippen LogP contribution in [0.15, 0.2) is 24.3 Å². The SMILES string of the molecule is CN(C1CCCC1)C1CCCc2ccccc2C1O. The second-order valence-corrected chi connectivity index (χ2v) is 6.21. The summed E-state index contributed by atoms with van der Waals surface area (Å²) in [6.45, 7) is 0. The summed E-state index contributed by atoms with van der Waals surface area (Å²) < 4.78 is 0. The lowest BCUT2D eigenvalue weighted by atomic mass is 9.97. The number of aliphatic hydroxyl groups excluding tert-OH is 1. The molecule has 0 spiro atoms. The van der Waals surface area contributed by atoms with E-state index in [2.05, 4.69) is 36.2 Å². The van der Waals surface area contributed by atoms with Gasteiger partial charge in [-0.05, 0) is 50.3 Å². The van der Waals surface area contributed by atoms with E-state index in [9.17, 15) is 5.11 Å². The number of hydrogen-bond acceptors (Lipinski definition) is 2. The van der Waals surface area contributed by atoms with Crippen LogP contribution in [0.3, 0.4) is 0 Å². The van der Waals surface area contributed by atoms with E-state index in [1.807, 2.05) is 0 Å². The zero-order valence-corrected chi connectivity index (χ0v) is 11.9. The largest absolute Gasteiger partial charge is 0.387 e. The van der Waals surface area contributed by atoms with Gasteiger partial charge in [0.25, 0.3) is 0 Å². The number of nitrogens with zero attached hydrogens (tertiary/aromatic N) is 1.